The number of thiocarbonyl (C=S) groups is 1. The Morgan fingerprint density at radius 1 is 1.04 bits per heavy atom. The fourth-order valence-electron chi connectivity index (χ4n) is 1.98. The van der Waals surface area contributed by atoms with E-state index in [4.69, 9.17) is 12.2 Å². The lowest BCUT2D eigenvalue weighted by Gasteiger charge is -2.13. The van der Waals surface area contributed by atoms with E-state index in [0.29, 0.717) is 11.7 Å². The van der Waals surface area contributed by atoms with Crippen LogP contribution in [0.1, 0.15) is 11.1 Å². The molecule has 0 amide bonds. The minimum Gasteiger partial charge on any atom is -0.358 e. The normalized spacial score (nSPS) is 11.3. The second kappa shape index (κ2) is 7.74. The molecule has 0 atom stereocenters. The van der Waals surface area contributed by atoms with Gasteiger partial charge in [0.2, 0.25) is 10.0 Å². The molecular formula is C17H21N3O2S2. The number of nitrogens with one attached hydrogen (secondary N) is 2. The summed E-state index contributed by atoms with van der Waals surface area (Å²) in [5.74, 6) is 0. The van der Waals surface area contributed by atoms with Crippen LogP contribution in [-0.2, 0) is 16.6 Å². The molecule has 0 unspecified atom stereocenters. The second-order valence-electron chi connectivity index (χ2n) is 5.61. The number of rotatable bonds is 5. The Morgan fingerprint density at radius 2 is 1.62 bits per heavy atom. The van der Waals surface area contributed by atoms with Gasteiger partial charge in [0.25, 0.3) is 0 Å². The highest BCUT2D eigenvalue weighted by Gasteiger charge is 2.16. The van der Waals surface area contributed by atoms with E-state index >= 15 is 0 Å². The number of benzene rings is 2. The molecule has 7 heteroatoms. The largest absolute Gasteiger partial charge is 0.358 e. The highest BCUT2D eigenvalue weighted by Crippen LogP contribution is 2.16. The Balaban J connectivity index is 1.93. The Hall–Kier alpha value is -1.96. The summed E-state index contributed by atoms with van der Waals surface area (Å²) in [6, 6.07) is 14.7. The molecule has 0 saturated carbocycles. The Bertz CT molecular complexity index is 799. The number of hydrogen-bond acceptors (Lipinski definition) is 3. The van der Waals surface area contributed by atoms with E-state index in [9.17, 15) is 8.42 Å². The van der Waals surface area contributed by atoms with E-state index in [-0.39, 0.29) is 4.90 Å². The molecule has 0 fully saturated rings. The fraction of sp³-hybridized carbons (Fsp3) is 0.235. The van der Waals surface area contributed by atoms with Gasteiger partial charge in [-0.25, -0.2) is 12.7 Å². The summed E-state index contributed by atoms with van der Waals surface area (Å²) in [5, 5.41) is 6.65. The van der Waals surface area contributed by atoms with Crippen molar-refractivity contribution < 1.29 is 8.42 Å². The molecule has 24 heavy (non-hydrogen) atoms. The lowest BCUT2D eigenvalue weighted by Crippen LogP contribution is -2.28. The average Bonchev–Trinajstić information content (AvgIpc) is 2.54. The molecule has 5 nitrogen and oxygen atoms in total. The first kappa shape index (κ1) is 18.4. The van der Waals surface area contributed by atoms with Crippen LogP contribution < -0.4 is 10.6 Å². The minimum absolute atomic E-state index is 0.247. The third-order valence-electron chi connectivity index (χ3n) is 3.46. The molecule has 2 rings (SSSR count). The molecule has 0 aromatic heterocycles. The van der Waals surface area contributed by atoms with Gasteiger partial charge in [0.05, 0.1) is 4.90 Å². The third kappa shape index (κ3) is 4.77. The van der Waals surface area contributed by atoms with Gasteiger partial charge in [0.15, 0.2) is 5.11 Å². The fourth-order valence-corrected chi connectivity index (χ4v) is 3.08. The van der Waals surface area contributed by atoms with Gasteiger partial charge < -0.3 is 10.6 Å². The lowest BCUT2D eigenvalue weighted by atomic mass is 10.1. The van der Waals surface area contributed by atoms with Crippen LogP contribution in [0, 0.1) is 6.92 Å². The number of anilines is 1. The maximum atomic E-state index is 12.0. The van der Waals surface area contributed by atoms with Crippen LogP contribution in [0.4, 0.5) is 5.69 Å². The van der Waals surface area contributed by atoms with Crippen molar-refractivity contribution in [3.05, 3.63) is 59.7 Å². The maximum absolute atomic E-state index is 12.0. The van der Waals surface area contributed by atoms with Crippen LogP contribution in [-0.4, -0.2) is 31.9 Å². The lowest BCUT2D eigenvalue weighted by molar-refractivity contribution is 0.521. The highest BCUT2D eigenvalue weighted by molar-refractivity contribution is 7.89. The first-order valence-corrected chi connectivity index (χ1v) is 9.27. The number of hydrogen-bond donors (Lipinski definition) is 2. The van der Waals surface area contributed by atoms with Crippen molar-refractivity contribution in [2.45, 2.75) is 18.4 Å². The summed E-state index contributed by atoms with van der Waals surface area (Å²) in [6.07, 6.45) is 0. The van der Waals surface area contributed by atoms with Crippen LogP contribution >= 0.6 is 12.2 Å². The topological polar surface area (TPSA) is 61.4 Å². The number of nitrogens with zero attached hydrogens (tertiary/aromatic N) is 1. The Labute approximate surface area is 148 Å². The molecule has 0 aliphatic rings. The van der Waals surface area contributed by atoms with Gasteiger partial charge in [-0.2, -0.15) is 0 Å². The molecule has 128 valence electrons. The van der Waals surface area contributed by atoms with Crippen molar-refractivity contribution in [3.63, 3.8) is 0 Å². The van der Waals surface area contributed by atoms with E-state index in [1.807, 2.05) is 19.1 Å². The Kier molecular flexibility index (Phi) is 5.93. The zero-order chi connectivity index (χ0) is 17.7. The van der Waals surface area contributed by atoms with E-state index in [1.54, 1.807) is 24.3 Å². The molecule has 0 spiro atoms. The molecule has 0 aliphatic heterocycles. The van der Waals surface area contributed by atoms with Crippen LogP contribution in [0.3, 0.4) is 0 Å². The van der Waals surface area contributed by atoms with Crippen molar-refractivity contribution in [3.8, 4) is 0 Å². The predicted molar refractivity (Wildman–Crippen MR) is 102 cm³/mol. The predicted octanol–water partition coefficient (Wildman–Crippen LogP) is 2.73. The molecule has 2 aromatic rings. The minimum atomic E-state index is -3.41. The summed E-state index contributed by atoms with van der Waals surface area (Å²) in [5.41, 5.74) is 3.08. The van der Waals surface area contributed by atoms with Crippen molar-refractivity contribution in [2.75, 3.05) is 19.4 Å². The van der Waals surface area contributed by atoms with Gasteiger partial charge in [-0.1, -0.05) is 29.8 Å². The maximum Gasteiger partial charge on any atom is 0.242 e. The summed E-state index contributed by atoms with van der Waals surface area (Å²) >= 11 is 5.26. The third-order valence-corrected chi connectivity index (χ3v) is 5.54. The zero-order valence-corrected chi connectivity index (χ0v) is 15.5. The van der Waals surface area contributed by atoms with Crippen LogP contribution in [0.15, 0.2) is 53.4 Å². The van der Waals surface area contributed by atoms with Crippen LogP contribution in [0.2, 0.25) is 0 Å². The molecule has 0 aliphatic carbocycles. The molecule has 2 N–H and O–H groups in total. The van der Waals surface area contributed by atoms with Gasteiger partial charge in [0.1, 0.15) is 0 Å². The van der Waals surface area contributed by atoms with E-state index in [2.05, 4.69) is 22.8 Å². The van der Waals surface area contributed by atoms with Crippen LogP contribution in [0.5, 0.6) is 0 Å². The van der Waals surface area contributed by atoms with Crippen molar-refractivity contribution in [1.82, 2.24) is 9.62 Å². The highest BCUT2D eigenvalue weighted by atomic mass is 32.2. The smallest absolute Gasteiger partial charge is 0.242 e. The van der Waals surface area contributed by atoms with E-state index in [0.717, 1.165) is 11.3 Å². The first-order valence-electron chi connectivity index (χ1n) is 7.42. The standard InChI is InChI=1S/C17H21N3O2S2/c1-13-4-6-14(7-5-13)12-18-17(23)19-15-8-10-16(11-9-15)24(21,22)20(2)3/h4-11H,12H2,1-3H3,(H2,18,19,23). The summed E-state index contributed by atoms with van der Waals surface area (Å²) in [7, 11) is -0.404. The SMILES string of the molecule is Cc1ccc(CNC(=S)Nc2ccc(S(=O)(=O)N(C)C)cc2)cc1. The molecule has 0 heterocycles. The number of sulfonamides is 1. The summed E-state index contributed by atoms with van der Waals surface area (Å²) in [6.45, 7) is 2.67. The van der Waals surface area contributed by atoms with Gasteiger partial charge in [-0.15, -0.1) is 0 Å². The van der Waals surface area contributed by atoms with Gasteiger partial charge >= 0.3 is 0 Å². The average molecular weight is 364 g/mol. The Morgan fingerprint density at radius 3 is 2.17 bits per heavy atom. The van der Waals surface area contributed by atoms with Crippen LogP contribution in [0.25, 0.3) is 0 Å². The summed E-state index contributed by atoms with van der Waals surface area (Å²) in [4.78, 5) is 0.247. The molecule has 0 radical (unpaired) electrons. The monoisotopic (exact) mass is 363 g/mol. The molecular weight excluding hydrogens is 342 g/mol. The van der Waals surface area contributed by atoms with Gasteiger partial charge in [0, 0.05) is 26.3 Å². The van der Waals surface area contributed by atoms with Gasteiger partial charge in [-0.3, -0.25) is 0 Å². The zero-order valence-electron chi connectivity index (χ0n) is 13.9. The van der Waals surface area contributed by atoms with Crippen molar-refractivity contribution in [2.24, 2.45) is 0 Å². The quantitative estimate of drug-likeness (QED) is 0.800. The van der Waals surface area contributed by atoms with E-state index in [1.165, 1.54) is 24.0 Å². The molecule has 0 saturated heterocycles. The molecule has 0 bridgehead atoms. The van der Waals surface area contributed by atoms with Gasteiger partial charge in [-0.05, 0) is 49.0 Å². The van der Waals surface area contributed by atoms with E-state index < -0.39 is 10.0 Å². The van der Waals surface area contributed by atoms with Crippen molar-refractivity contribution in [1.29, 1.82) is 0 Å². The molecule has 2 aromatic carbocycles. The number of aryl methyl sites for hydroxylation is 1. The first-order chi connectivity index (χ1) is 11.3. The second-order valence-corrected chi connectivity index (χ2v) is 8.17. The summed E-state index contributed by atoms with van der Waals surface area (Å²) < 4.78 is 25.2. The van der Waals surface area contributed by atoms with Crippen molar-refractivity contribution >= 4 is 33.0 Å².